The Kier molecular flexibility index (Phi) is 11.7. The summed E-state index contributed by atoms with van der Waals surface area (Å²) in [6.45, 7) is 1.87. The van der Waals surface area contributed by atoms with Crippen LogP contribution in [0.4, 0.5) is 0 Å². The van der Waals surface area contributed by atoms with Crippen LogP contribution in [0.3, 0.4) is 0 Å². The highest BCUT2D eigenvalue weighted by Crippen LogP contribution is 2.22. The van der Waals surface area contributed by atoms with Gasteiger partial charge in [0.2, 0.25) is 5.91 Å². The van der Waals surface area contributed by atoms with E-state index in [0.29, 0.717) is 25.1 Å². The Hall–Kier alpha value is -2.73. The third-order valence-electron chi connectivity index (χ3n) is 5.42. The second kappa shape index (κ2) is 14.5. The fourth-order valence-corrected chi connectivity index (χ4v) is 3.57. The van der Waals surface area contributed by atoms with Gasteiger partial charge in [0.25, 0.3) is 5.91 Å². The molecule has 0 radical (unpaired) electrons. The largest absolute Gasteiger partial charge is 0.394 e. The summed E-state index contributed by atoms with van der Waals surface area (Å²) in [6, 6.07) is 5.93. The van der Waals surface area contributed by atoms with Crippen molar-refractivity contribution in [3.63, 3.8) is 0 Å². The van der Waals surface area contributed by atoms with E-state index in [1.807, 2.05) is 0 Å². The van der Waals surface area contributed by atoms with Crippen molar-refractivity contribution >= 4 is 11.8 Å². The molecule has 1 saturated heterocycles. The number of rotatable bonds is 13. The van der Waals surface area contributed by atoms with E-state index in [2.05, 4.69) is 20.7 Å². The average molecular weight is 480 g/mol. The summed E-state index contributed by atoms with van der Waals surface area (Å²) in [5.41, 5.74) is 9.70. The number of hydrogen-bond acceptors (Lipinski definition) is 8. The average Bonchev–Trinajstić information content (AvgIpc) is 2.83. The van der Waals surface area contributed by atoms with E-state index in [0.717, 1.165) is 24.8 Å². The van der Waals surface area contributed by atoms with E-state index in [-0.39, 0.29) is 12.5 Å². The maximum Gasteiger partial charge on any atom is 0.251 e. The molecule has 2 rings (SSSR count). The van der Waals surface area contributed by atoms with Crippen LogP contribution >= 0.6 is 0 Å². The van der Waals surface area contributed by atoms with Crippen LogP contribution in [0, 0.1) is 0 Å². The van der Waals surface area contributed by atoms with E-state index in [9.17, 15) is 24.9 Å². The number of azide groups is 1. The number of nitrogens with zero attached hydrogens (tertiary/aromatic N) is 3. The Morgan fingerprint density at radius 1 is 1.15 bits per heavy atom. The molecule has 1 aromatic carbocycles. The van der Waals surface area contributed by atoms with Crippen molar-refractivity contribution in [3.05, 3.63) is 45.8 Å². The van der Waals surface area contributed by atoms with Gasteiger partial charge in [0.05, 0.1) is 13.2 Å². The smallest absolute Gasteiger partial charge is 0.251 e. The first-order valence-corrected chi connectivity index (χ1v) is 11.3. The molecule has 0 bridgehead atoms. The summed E-state index contributed by atoms with van der Waals surface area (Å²) >= 11 is 0. The highest BCUT2D eigenvalue weighted by atomic mass is 16.7. The van der Waals surface area contributed by atoms with Crippen molar-refractivity contribution in [2.45, 2.75) is 69.8 Å². The number of carbonyl (C=O) groups excluding carboxylic acids is 2. The Morgan fingerprint density at radius 3 is 2.50 bits per heavy atom. The van der Waals surface area contributed by atoms with Crippen molar-refractivity contribution < 1.29 is 34.4 Å². The fraction of sp³-hybridized carbons (Fsp3) is 0.636. The first kappa shape index (κ1) is 27.5. The van der Waals surface area contributed by atoms with Gasteiger partial charge in [0.1, 0.15) is 24.4 Å². The maximum absolute atomic E-state index is 12.2. The number of aliphatic hydroxyl groups is 3. The first-order chi connectivity index (χ1) is 16.4. The van der Waals surface area contributed by atoms with Gasteiger partial charge < -0.3 is 35.4 Å². The molecule has 188 valence electrons. The maximum atomic E-state index is 12.2. The Bertz CT molecular complexity index is 831. The van der Waals surface area contributed by atoms with Crippen molar-refractivity contribution in [2.24, 2.45) is 5.11 Å². The third-order valence-corrected chi connectivity index (χ3v) is 5.42. The summed E-state index contributed by atoms with van der Waals surface area (Å²) in [5.74, 6) is -0.571. The van der Waals surface area contributed by atoms with Gasteiger partial charge in [-0.25, -0.2) is 0 Å². The summed E-state index contributed by atoms with van der Waals surface area (Å²) in [6.07, 6.45) is -1.50. The highest BCUT2D eigenvalue weighted by molar-refractivity contribution is 5.94. The Labute approximate surface area is 197 Å². The van der Waals surface area contributed by atoms with Crippen molar-refractivity contribution in [1.29, 1.82) is 0 Å². The van der Waals surface area contributed by atoms with Crippen LogP contribution in [-0.2, 0) is 20.8 Å². The van der Waals surface area contributed by atoms with Crippen LogP contribution in [0.15, 0.2) is 29.4 Å². The Morgan fingerprint density at radius 2 is 1.85 bits per heavy atom. The molecule has 5 atom stereocenters. The number of ether oxygens (including phenoxy) is 2. The van der Waals surface area contributed by atoms with E-state index in [1.165, 1.54) is 6.92 Å². The lowest BCUT2D eigenvalue weighted by molar-refractivity contribution is -0.270. The SMILES string of the molecule is CC(=O)N[C@H]1C(O)[C@H](O)C(CO)O[C@H]1OCCCCCCNC(=O)c1ccc(CN=[N+]=[N-])cc1. The number of unbranched alkanes of at least 4 members (excludes halogenated alkanes) is 3. The predicted molar refractivity (Wildman–Crippen MR) is 121 cm³/mol. The lowest BCUT2D eigenvalue weighted by Crippen LogP contribution is -2.64. The van der Waals surface area contributed by atoms with Gasteiger partial charge in [-0.3, -0.25) is 9.59 Å². The molecular formula is C22H33N5O7. The monoisotopic (exact) mass is 479 g/mol. The molecule has 1 aliphatic rings. The van der Waals surface area contributed by atoms with Crippen LogP contribution in [0.5, 0.6) is 0 Å². The molecule has 0 spiro atoms. The van der Waals surface area contributed by atoms with Crippen LogP contribution < -0.4 is 10.6 Å². The lowest BCUT2D eigenvalue weighted by Gasteiger charge is -2.42. The zero-order chi connectivity index (χ0) is 24.9. The summed E-state index contributed by atoms with van der Waals surface area (Å²) < 4.78 is 11.2. The predicted octanol–water partition coefficient (Wildman–Crippen LogP) is 0.747. The van der Waals surface area contributed by atoms with Crippen LogP contribution in [0.1, 0.15) is 48.5 Å². The zero-order valence-corrected chi connectivity index (χ0v) is 19.2. The van der Waals surface area contributed by atoms with E-state index in [4.69, 9.17) is 15.0 Å². The minimum absolute atomic E-state index is 0.170. The molecule has 0 aromatic heterocycles. The van der Waals surface area contributed by atoms with Gasteiger partial charge in [-0.1, -0.05) is 30.1 Å². The van der Waals surface area contributed by atoms with Gasteiger partial charge in [-0.2, -0.15) is 0 Å². The molecular weight excluding hydrogens is 446 g/mol. The molecule has 2 amide bonds. The van der Waals surface area contributed by atoms with E-state index in [1.54, 1.807) is 24.3 Å². The summed E-state index contributed by atoms with van der Waals surface area (Å²) in [5, 5.41) is 38.4. The minimum Gasteiger partial charge on any atom is -0.394 e. The van der Waals surface area contributed by atoms with Crippen LogP contribution in [0.2, 0.25) is 0 Å². The topological polar surface area (TPSA) is 186 Å². The normalized spacial score (nSPS) is 24.2. The molecule has 1 heterocycles. The molecule has 12 nitrogen and oxygen atoms in total. The number of nitrogens with one attached hydrogen (secondary N) is 2. The number of hydrogen-bond donors (Lipinski definition) is 5. The molecule has 5 N–H and O–H groups in total. The quantitative estimate of drug-likeness (QED) is 0.119. The van der Waals surface area contributed by atoms with E-state index >= 15 is 0 Å². The lowest BCUT2D eigenvalue weighted by atomic mass is 9.97. The highest BCUT2D eigenvalue weighted by Gasteiger charge is 2.45. The summed E-state index contributed by atoms with van der Waals surface area (Å²) in [4.78, 5) is 26.3. The minimum atomic E-state index is -1.34. The standard InChI is InChI=1S/C22H33N5O7/c1-14(29)26-18-20(31)19(30)17(13-28)34-22(18)33-11-5-3-2-4-10-24-21(32)16-8-6-15(7-9-16)12-25-27-23/h6-9,17-20,22,28,30-31H,2-5,10-13H2,1H3,(H,24,32)(H,26,29)/t17?,18-,19+,20?,22+/m0/s1. The first-order valence-electron chi connectivity index (χ1n) is 11.3. The van der Waals surface area contributed by atoms with Gasteiger partial charge in [-0.15, -0.1) is 0 Å². The second-order valence-electron chi connectivity index (χ2n) is 8.06. The fourth-order valence-electron chi connectivity index (χ4n) is 3.57. The zero-order valence-electron chi connectivity index (χ0n) is 19.2. The Balaban J connectivity index is 1.64. The van der Waals surface area contributed by atoms with Gasteiger partial charge in [-0.05, 0) is 36.1 Å². The molecule has 34 heavy (non-hydrogen) atoms. The van der Waals surface area contributed by atoms with Gasteiger partial charge >= 0.3 is 0 Å². The van der Waals surface area contributed by atoms with Crippen molar-refractivity contribution in [1.82, 2.24) is 10.6 Å². The van der Waals surface area contributed by atoms with Crippen molar-refractivity contribution in [2.75, 3.05) is 19.8 Å². The number of carbonyl (C=O) groups is 2. The van der Waals surface area contributed by atoms with Gasteiger partial charge in [0, 0.05) is 30.6 Å². The molecule has 1 fully saturated rings. The van der Waals surface area contributed by atoms with E-state index < -0.39 is 43.2 Å². The second-order valence-corrected chi connectivity index (χ2v) is 8.06. The van der Waals surface area contributed by atoms with Crippen LogP contribution in [0.25, 0.3) is 10.4 Å². The van der Waals surface area contributed by atoms with Crippen molar-refractivity contribution in [3.8, 4) is 0 Å². The molecule has 2 unspecified atom stereocenters. The number of amides is 2. The number of aliphatic hydroxyl groups excluding tert-OH is 3. The molecule has 0 aliphatic carbocycles. The molecule has 0 saturated carbocycles. The molecule has 1 aromatic rings. The molecule has 12 heteroatoms. The molecule has 1 aliphatic heterocycles. The van der Waals surface area contributed by atoms with Crippen LogP contribution in [-0.4, -0.2) is 77.5 Å². The summed E-state index contributed by atoms with van der Waals surface area (Å²) in [7, 11) is 0. The van der Waals surface area contributed by atoms with Gasteiger partial charge in [0.15, 0.2) is 6.29 Å². The number of benzene rings is 1. The third kappa shape index (κ3) is 8.56.